The predicted octanol–water partition coefficient (Wildman–Crippen LogP) is 6.52. The van der Waals surface area contributed by atoms with Crippen LogP contribution in [-0.4, -0.2) is 23.2 Å². The maximum atomic E-state index is 13.2. The third-order valence-electron chi connectivity index (χ3n) is 7.52. The molecule has 1 fully saturated rings. The lowest BCUT2D eigenvalue weighted by atomic mass is 9.69. The number of hydrogen-bond donors (Lipinski definition) is 0. The van der Waals surface area contributed by atoms with Crippen molar-refractivity contribution in [2.24, 2.45) is 10.6 Å². The molecule has 1 aliphatic carbocycles. The summed E-state index contributed by atoms with van der Waals surface area (Å²) in [5.41, 5.74) is 3.17. The van der Waals surface area contributed by atoms with Crippen molar-refractivity contribution in [3.63, 3.8) is 0 Å². The first kappa shape index (κ1) is 24.3. The second-order valence-electron chi connectivity index (χ2n) is 11.0. The molecule has 4 heterocycles. The highest BCUT2D eigenvalue weighted by Crippen LogP contribution is 2.58. The summed E-state index contributed by atoms with van der Waals surface area (Å²) in [7, 11) is 0. The highest BCUT2D eigenvalue weighted by molar-refractivity contribution is 5.54. The van der Waals surface area contributed by atoms with Gasteiger partial charge >= 0.3 is 6.18 Å². The van der Waals surface area contributed by atoms with Crippen molar-refractivity contribution in [3.05, 3.63) is 62.6 Å². The zero-order chi connectivity index (χ0) is 25.2. The van der Waals surface area contributed by atoms with Crippen LogP contribution in [0, 0.1) is 10.3 Å². The molecule has 0 radical (unpaired) electrons. The Morgan fingerprint density at radius 3 is 2.43 bits per heavy atom. The fourth-order valence-corrected chi connectivity index (χ4v) is 5.99. The van der Waals surface area contributed by atoms with Crippen LogP contribution in [-0.2, 0) is 27.7 Å². The van der Waals surface area contributed by atoms with Crippen LogP contribution in [0.5, 0.6) is 0 Å². The van der Waals surface area contributed by atoms with E-state index in [0.29, 0.717) is 38.0 Å². The Labute approximate surface area is 202 Å². The van der Waals surface area contributed by atoms with Crippen LogP contribution in [0.25, 0.3) is 0 Å². The van der Waals surface area contributed by atoms with Gasteiger partial charge in [0.15, 0.2) is 0 Å². The molecule has 35 heavy (non-hydrogen) atoms. The van der Waals surface area contributed by atoms with Crippen molar-refractivity contribution in [3.8, 4) is 0 Å². The molecule has 1 spiro atoms. The van der Waals surface area contributed by atoms with Gasteiger partial charge in [0.05, 0.1) is 5.60 Å². The summed E-state index contributed by atoms with van der Waals surface area (Å²) < 4.78 is 51.9. The monoisotopic (exact) mass is 489 g/mol. The minimum Gasteiger partial charge on any atom is -0.381 e. The molecule has 3 aliphatic rings. The number of hydrogen-bond acceptors (Lipinski definition) is 6. The lowest BCUT2D eigenvalue weighted by Crippen LogP contribution is -2.37. The summed E-state index contributed by atoms with van der Waals surface area (Å²) in [6.07, 6.45) is -1.39. The Kier molecular flexibility index (Phi) is 5.79. The van der Waals surface area contributed by atoms with Crippen LogP contribution in [0.4, 0.5) is 13.2 Å². The molecular formula is C26H30F3N3O3. The number of pyridine rings is 2. The summed E-state index contributed by atoms with van der Waals surface area (Å²) in [6.45, 7) is 9.34. The van der Waals surface area contributed by atoms with Gasteiger partial charge in [-0.3, -0.25) is 9.97 Å². The molecule has 5 rings (SSSR count). The van der Waals surface area contributed by atoms with Crippen LogP contribution in [0.15, 0.2) is 23.5 Å². The van der Waals surface area contributed by atoms with Gasteiger partial charge in [0.2, 0.25) is 0 Å². The van der Waals surface area contributed by atoms with E-state index in [1.165, 1.54) is 12.3 Å². The van der Waals surface area contributed by atoms with Crippen molar-refractivity contribution in [2.75, 3.05) is 13.2 Å². The van der Waals surface area contributed by atoms with E-state index in [0.717, 1.165) is 40.6 Å². The van der Waals surface area contributed by atoms with Gasteiger partial charge in [0, 0.05) is 60.3 Å². The smallest absolute Gasteiger partial charge is 0.381 e. The Balaban J connectivity index is 1.76. The zero-order valence-corrected chi connectivity index (χ0v) is 20.4. The van der Waals surface area contributed by atoms with Gasteiger partial charge in [-0.2, -0.15) is 18.1 Å². The van der Waals surface area contributed by atoms with Crippen molar-refractivity contribution >= 4 is 0 Å². The topological polar surface area (TPSA) is 73.7 Å². The minimum absolute atomic E-state index is 0.0465. The number of ether oxygens (including phenoxy) is 2. The Bertz CT molecular complexity index is 1140. The Morgan fingerprint density at radius 1 is 1.14 bits per heavy atom. The molecule has 2 unspecified atom stereocenters. The molecule has 0 saturated carbocycles. The maximum Gasteiger partial charge on any atom is 0.433 e. The van der Waals surface area contributed by atoms with E-state index in [1.54, 1.807) is 0 Å². The van der Waals surface area contributed by atoms with Gasteiger partial charge in [-0.1, -0.05) is 38.9 Å². The first-order chi connectivity index (χ1) is 16.5. The Hall–Kier alpha value is -2.39. The molecule has 2 atom stereocenters. The van der Waals surface area contributed by atoms with E-state index < -0.39 is 29.6 Å². The second kappa shape index (κ2) is 8.34. The largest absolute Gasteiger partial charge is 0.433 e. The first-order valence-electron chi connectivity index (χ1n) is 12.1. The molecule has 2 aromatic rings. The number of nitroso groups, excluding NO2 is 1. The van der Waals surface area contributed by atoms with E-state index in [1.807, 2.05) is 0 Å². The molecule has 6 nitrogen and oxygen atoms in total. The first-order valence-corrected chi connectivity index (χ1v) is 12.1. The van der Waals surface area contributed by atoms with Crippen LogP contribution in [0.3, 0.4) is 0 Å². The molecule has 188 valence electrons. The third kappa shape index (κ3) is 4.06. The van der Waals surface area contributed by atoms with E-state index in [-0.39, 0.29) is 11.3 Å². The maximum absolute atomic E-state index is 13.2. The van der Waals surface area contributed by atoms with Gasteiger partial charge in [-0.05, 0) is 35.8 Å². The number of nitrogens with zero attached hydrogens (tertiary/aromatic N) is 3. The number of halogens is 3. The minimum atomic E-state index is -4.52. The fourth-order valence-electron chi connectivity index (χ4n) is 5.99. The average molecular weight is 490 g/mol. The second-order valence-corrected chi connectivity index (χ2v) is 11.0. The van der Waals surface area contributed by atoms with E-state index in [2.05, 4.69) is 37.9 Å². The zero-order valence-electron chi connectivity index (χ0n) is 20.4. The lowest BCUT2D eigenvalue weighted by molar-refractivity contribution is -0.141. The van der Waals surface area contributed by atoms with Gasteiger partial charge in [0.25, 0.3) is 0 Å². The molecule has 2 aromatic heterocycles. The van der Waals surface area contributed by atoms with E-state index >= 15 is 0 Å². The number of rotatable bonds is 3. The van der Waals surface area contributed by atoms with Crippen LogP contribution in [0.1, 0.15) is 104 Å². The Morgan fingerprint density at radius 2 is 1.86 bits per heavy atom. The summed E-state index contributed by atoms with van der Waals surface area (Å²) in [5.74, 6) is 0.0465. The van der Waals surface area contributed by atoms with Gasteiger partial charge in [-0.15, -0.1) is 0 Å². The number of fused-ring (bicyclic) bond motifs is 4. The normalized spacial score (nSPS) is 24.9. The molecule has 2 aliphatic heterocycles. The summed E-state index contributed by atoms with van der Waals surface area (Å²) in [4.78, 5) is 20.9. The van der Waals surface area contributed by atoms with Gasteiger partial charge in [0.1, 0.15) is 17.8 Å². The molecule has 0 N–H and O–H groups in total. The van der Waals surface area contributed by atoms with Crippen molar-refractivity contribution < 1.29 is 22.6 Å². The lowest BCUT2D eigenvalue weighted by Gasteiger charge is -2.39. The van der Waals surface area contributed by atoms with E-state index in [9.17, 15) is 18.1 Å². The molecule has 0 amide bonds. The SMILES string of the molecule is CC(C)c1nc2c(c3c1C(c1ccc(C(F)(F)F)nc1)OC31CCOCC1)C(N=O)CC(C)(C)C2. The van der Waals surface area contributed by atoms with Crippen LogP contribution in [0.2, 0.25) is 0 Å². The standard InChI is InChI=1S/C26H30F3N3O3/c1-14(2)22-20-21(19-16(31-22)11-24(3,4)12-17(19)32-33)25(7-9-34-10-8-25)35-23(20)15-5-6-18(30-13-15)26(27,28)29/h5-6,13-14,17,23H,7-12H2,1-4H3. The number of aromatic nitrogens is 2. The van der Waals surface area contributed by atoms with Crippen molar-refractivity contribution in [1.82, 2.24) is 9.97 Å². The van der Waals surface area contributed by atoms with Gasteiger partial charge in [-0.25, -0.2) is 0 Å². The molecule has 1 saturated heterocycles. The fraction of sp³-hybridized carbons (Fsp3) is 0.615. The average Bonchev–Trinajstić information content (AvgIpc) is 3.11. The summed E-state index contributed by atoms with van der Waals surface area (Å²) >= 11 is 0. The number of alkyl halides is 3. The predicted molar refractivity (Wildman–Crippen MR) is 123 cm³/mol. The quantitative estimate of drug-likeness (QED) is 0.459. The molecule has 0 aromatic carbocycles. The van der Waals surface area contributed by atoms with Crippen LogP contribution >= 0.6 is 0 Å². The van der Waals surface area contributed by atoms with Gasteiger partial charge < -0.3 is 9.47 Å². The van der Waals surface area contributed by atoms with E-state index in [4.69, 9.17) is 14.5 Å². The third-order valence-corrected chi connectivity index (χ3v) is 7.52. The molecule has 0 bridgehead atoms. The molecular weight excluding hydrogens is 459 g/mol. The van der Waals surface area contributed by atoms with Crippen molar-refractivity contribution in [2.45, 2.75) is 83.2 Å². The van der Waals surface area contributed by atoms with Crippen LogP contribution < -0.4 is 0 Å². The van der Waals surface area contributed by atoms with Crippen molar-refractivity contribution in [1.29, 1.82) is 0 Å². The summed E-state index contributed by atoms with van der Waals surface area (Å²) in [5, 5.41) is 3.54. The highest BCUT2D eigenvalue weighted by Gasteiger charge is 2.52. The summed E-state index contributed by atoms with van der Waals surface area (Å²) in [6, 6.07) is 1.88. The highest BCUT2D eigenvalue weighted by atomic mass is 19.4. The molecule has 9 heteroatoms.